The number of fused-ring (bicyclic) bond motifs is 1. The summed E-state index contributed by atoms with van der Waals surface area (Å²) in [4.78, 5) is 17.0. The van der Waals surface area contributed by atoms with Gasteiger partial charge in [0, 0.05) is 22.7 Å². The largest absolute Gasteiger partial charge is 0.497 e. The Labute approximate surface area is 151 Å². The van der Waals surface area contributed by atoms with Crippen LogP contribution in [0.4, 0.5) is 0 Å². The summed E-state index contributed by atoms with van der Waals surface area (Å²) in [6, 6.07) is 14.6. The molecule has 6 heteroatoms. The minimum absolute atomic E-state index is 0.296. The fourth-order valence-electron chi connectivity index (χ4n) is 2.64. The number of hydrogen-bond donors (Lipinski definition) is 1. The number of amides is 1. The second-order valence-electron chi connectivity index (χ2n) is 5.64. The van der Waals surface area contributed by atoms with Crippen molar-refractivity contribution in [2.75, 3.05) is 14.2 Å². The molecule has 1 aromatic heterocycles. The SMILES string of the molecule is COc1ccc(/C=N/NC(=O)c2cc(C)nc3ccccc23)c(OC)c1. The summed E-state index contributed by atoms with van der Waals surface area (Å²) in [5.41, 5.74) is 5.37. The van der Waals surface area contributed by atoms with E-state index in [1.807, 2.05) is 31.2 Å². The van der Waals surface area contributed by atoms with E-state index < -0.39 is 0 Å². The molecule has 0 aliphatic rings. The van der Waals surface area contributed by atoms with E-state index in [0.29, 0.717) is 17.1 Å². The Kier molecular flexibility index (Phi) is 5.12. The molecule has 1 N–H and O–H groups in total. The smallest absolute Gasteiger partial charge is 0.272 e. The maximum Gasteiger partial charge on any atom is 0.272 e. The molecule has 0 aliphatic carbocycles. The van der Waals surface area contributed by atoms with Gasteiger partial charge < -0.3 is 9.47 Å². The minimum atomic E-state index is -0.296. The Balaban J connectivity index is 1.83. The summed E-state index contributed by atoms with van der Waals surface area (Å²) in [6.07, 6.45) is 1.53. The number of pyridine rings is 1. The molecule has 0 saturated heterocycles. The summed E-state index contributed by atoms with van der Waals surface area (Å²) >= 11 is 0. The van der Waals surface area contributed by atoms with E-state index in [1.54, 1.807) is 38.5 Å². The van der Waals surface area contributed by atoms with Crippen molar-refractivity contribution in [1.29, 1.82) is 0 Å². The molecule has 0 bridgehead atoms. The highest BCUT2D eigenvalue weighted by Gasteiger charge is 2.11. The number of aryl methyl sites for hydroxylation is 1. The second kappa shape index (κ2) is 7.65. The van der Waals surface area contributed by atoms with Crippen molar-refractivity contribution in [3.63, 3.8) is 0 Å². The number of nitrogens with one attached hydrogen (secondary N) is 1. The molecule has 1 heterocycles. The first-order valence-electron chi connectivity index (χ1n) is 8.04. The van der Waals surface area contributed by atoms with Crippen LogP contribution < -0.4 is 14.9 Å². The average Bonchev–Trinajstić information content (AvgIpc) is 2.67. The average molecular weight is 349 g/mol. The number of carbonyl (C=O) groups excluding carboxylic acids is 1. The van der Waals surface area contributed by atoms with E-state index in [4.69, 9.17) is 9.47 Å². The highest BCUT2D eigenvalue weighted by Crippen LogP contribution is 2.23. The van der Waals surface area contributed by atoms with Gasteiger partial charge in [0.15, 0.2) is 0 Å². The third-order valence-electron chi connectivity index (χ3n) is 3.90. The molecule has 0 saturated carbocycles. The normalized spacial score (nSPS) is 10.9. The number of aromatic nitrogens is 1. The number of para-hydroxylation sites is 1. The first-order chi connectivity index (χ1) is 12.6. The molecule has 2 aromatic carbocycles. The third-order valence-corrected chi connectivity index (χ3v) is 3.90. The fraction of sp³-hybridized carbons (Fsp3) is 0.150. The van der Waals surface area contributed by atoms with Crippen molar-refractivity contribution in [2.45, 2.75) is 6.92 Å². The highest BCUT2D eigenvalue weighted by molar-refractivity contribution is 6.06. The van der Waals surface area contributed by atoms with Crippen LogP contribution >= 0.6 is 0 Å². The van der Waals surface area contributed by atoms with Crippen LogP contribution in [0.3, 0.4) is 0 Å². The van der Waals surface area contributed by atoms with Crippen molar-refractivity contribution < 1.29 is 14.3 Å². The zero-order valence-corrected chi connectivity index (χ0v) is 14.8. The fourth-order valence-corrected chi connectivity index (χ4v) is 2.64. The van der Waals surface area contributed by atoms with E-state index in [0.717, 1.165) is 22.2 Å². The van der Waals surface area contributed by atoms with Gasteiger partial charge in [0.25, 0.3) is 5.91 Å². The number of ether oxygens (including phenoxy) is 2. The van der Waals surface area contributed by atoms with E-state index in [-0.39, 0.29) is 5.91 Å². The highest BCUT2D eigenvalue weighted by atomic mass is 16.5. The zero-order valence-electron chi connectivity index (χ0n) is 14.8. The third kappa shape index (κ3) is 3.64. The molecule has 3 rings (SSSR count). The zero-order chi connectivity index (χ0) is 18.5. The van der Waals surface area contributed by atoms with Crippen LogP contribution in [-0.2, 0) is 0 Å². The van der Waals surface area contributed by atoms with Gasteiger partial charge in [-0.05, 0) is 31.2 Å². The molecule has 0 spiro atoms. The lowest BCUT2D eigenvalue weighted by molar-refractivity contribution is 0.0956. The summed E-state index contributed by atoms with van der Waals surface area (Å²) in [7, 11) is 3.15. The number of carbonyl (C=O) groups is 1. The van der Waals surface area contributed by atoms with Crippen molar-refractivity contribution in [2.24, 2.45) is 5.10 Å². The molecule has 6 nitrogen and oxygen atoms in total. The van der Waals surface area contributed by atoms with E-state index in [1.165, 1.54) is 6.21 Å². The molecular weight excluding hydrogens is 330 g/mol. The van der Waals surface area contributed by atoms with Gasteiger partial charge in [0.05, 0.1) is 31.5 Å². The van der Waals surface area contributed by atoms with E-state index >= 15 is 0 Å². The van der Waals surface area contributed by atoms with Crippen molar-refractivity contribution in [1.82, 2.24) is 10.4 Å². The Hall–Kier alpha value is -3.41. The number of benzene rings is 2. The van der Waals surface area contributed by atoms with E-state index in [2.05, 4.69) is 15.5 Å². The molecule has 132 valence electrons. The predicted molar refractivity (Wildman–Crippen MR) is 101 cm³/mol. The van der Waals surface area contributed by atoms with Gasteiger partial charge in [-0.25, -0.2) is 5.43 Å². The van der Waals surface area contributed by atoms with Gasteiger partial charge in [-0.3, -0.25) is 9.78 Å². The van der Waals surface area contributed by atoms with Crippen molar-refractivity contribution in [3.8, 4) is 11.5 Å². The van der Waals surface area contributed by atoms with Crippen LogP contribution in [0.1, 0.15) is 21.6 Å². The van der Waals surface area contributed by atoms with Crippen LogP contribution in [0.15, 0.2) is 53.6 Å². The number of nitrogens with zero attached hydrogens (tertiary/aromatic N) is 2. The lowest BCUT2D eigenvalue weighted by Crippen LogP contribution is -2.18. The van der Waals surface area contributed by atoms with Gasteiger partial charge in [-0.15, -0.1) is 0 Å². The molecule has 0 radical (unpaired) electrons. The molecule has 0 fully saturated rings. The molecule has 3 aromatic rings. The lowest BCUT2D eigenvalue weighted by atomic mass is 10.1. The van der Waals surface area contributed by atoms with Crippen LogP contribution in [0, 0.1) is 6.92 Å². The summed E-state index contributed by atoms with van der Waals surface area (Å²) in [5, 5.41) is 4.84. The van der Waals surface area contributed by atoms with Crippen molar-refractivity contribution >= 4 is 23.0 Å². The number of methoxy groups -OCH3 is 2. The monoisotopic (exact) mass is 349 g/mol. The minimum Gasteiger partial charge on any atom is -0.497 e. The quantitative estimate of drug-likeness (QED) is 0.566. The maximum absolute atomic E-state index is 12.6. The van der Waals surface area contributed by atoms with Crippen LogP contribution in [0.2, 0.25) is 0 Å². The molecule has 0 aliphatic heterocycles. The van der Waals surface area contributed by atoms with Gasteiger partial charge in [-0.2, -0.15) is 5.10 Å². The summed E-state index contributed by atoms with van der Waals surface area (Å²) < 4.78 is 10.5. The van der Waals surface area contributed by atoms with Crippen LogP contribution in [0.25, 0.3) is 10.9 Å². The lowest BCUT2D eigenvalue weighted by Gasteiger charge is -2.08. The van der Waals surface area contributed by atoms with Gasteiger partial charge in [-0.1, -0.05) is 18.2 Å². The van der Waals surface area contributed by atoms with Crippen molar-refractivity contribution in [3.05, 3.63) is 65.4 Å². The van der Waals surface area contributed by atoms with E-state index in [9.17, 15) is 4.79 Å². The Bertz CT molecular complexity index is 983. The summed E-state index contributed by atoms with van der Waals surface area (Å²) in [6.45, 7) is 1.86. The topological polar surface area (TPSA) is 72.8 Å². The van der Waals surface area contributed by atoms with Crippen LogP contribution in [0.5, 0.6) is 11.5 Å². The molecule has 0 unspecified atom stereocenters. The molecule has 0 atom stereocenters. The molecular formula is C20H19N3O3. The van der Waals surface area contributed by atoms with Gasteiger partial charge >= 0.3 is 0 Å². The van der Waals surface area contributed by atoms with Crippen LogP contribution in [-0.4, -0.2) is 31.3 Å². The first-order valence-corrected chi connectivity index (χ1v) is 8.04. The molecule has 26 heavy (non-hydrogen) atoms. The summed E-state index contributed by atoms with van der Waals surface area (Å²) in [5.74, 6) is 0.991. The van der Waals surface area contributed by atoms with Gasteiger partial charge in [0.2, 0.25) is 0 Å². The number of hydrazone groups is 1. The predicted octanol–water partition coefficient (Wildman–Crippen LogP) is 3.32. The second-order valence-corrected chi connectivity index (χ2v) is 5.64. The Morgan fingerprint density at radius 1 is 1.12 bits per heavy atom. The Morgan fingerprint density at radius 3 is 2.69 bits per heavy atom. The Morgan fingerprint density at radius 2 is 1.92 bits per heavy atom. The number of hydrogen-bond acceptors (Lipinski definition) is 5. The molecule has 1 amide bonds. The standard InChI is InChI=1S/C20H19N3O3/c1-13-10-17(16-6-4-5-7-18(16)22-13)20(24)23-21-12-14-8-9-15(25-2)11-19(14)26-3/h4-12H,1-3H3,(H,23,24)/b21-12+. The number of rotatable bonds is 5. The first kappa shape index (κ1) is 17.4. The van der Waals surface area contributed by atoms with Gasteiger partial charge in [0.1, 0.15) is 11.5 Å². The maximum atomic E-state index is 12.6.